The summed E-state index contributed by atoms with van der Waals surface area (Å²) in [6, 6.07) is 37.3. The smallest absolute Gasteiger partial charge is 0.136 e. The quantitative estimate of drug-likeness (QED) is 0.214. The lowest BCUT2D eigenvalue weighted by Crippen LogP contribution is -2.07. The van der Waals surface area contributed by atoms with Crippen molar-refractivity contribution < 1.29 is 8.83 Å². The van der Waals surface area contributed by atoms with Crippen LogP contribution < -0.4 is 0 Å². The van der Waals surface area contributed by atoms with E-state index in [1.54, 1.807) is 6.07 Å². The molecular formula is C38H21N3O2. The zero-order valence-corrected chi connectivity index (χ0v) is 22.8. The second-order valence-corrected chi connectivity index (χ2v) is 11.1. The molecule has 0 fully saturated rings. The number of furan rings is 2. The van der Waals surface area contributed by atoms with E-state index in [0.29, 0.717) is 12.0 Å². The van der Waals surface area contributed by atoms with Crippen LogP contribution in [0.2, 0.25) is 0 Å². The molecule has 1 atom stereocenters. The van der Waals surface area contributed by atoms with Crippen molar-refractivity contribution >= 4 is 77.0 Å². The number of hydrogen-bond acceptors (Lipinski definition) is 4. The van der Waals surface area contributed by atoms with Crippen LogP contribution in [0.3, 0.4) is 0 Å². The summed E-state index contributed by atoms with van der Waals surface area (Å²) >= 11 is 0. The first-order valence-corrected chi connectivity index (χ1v) is 14.2. The highest BCUT2D eigenvalue weighted by Crippen LogP contribution is 2.44. The van der Waals surface area contributed by atoms with Gasteiger partial charge in [-0.3, -0.25) is 0 Å². The first-order chi connectivity index (χ1) is 21.2. The summed E-state index contributed by atoms with van der Waals surface area (Å²) in [5, 5.41) is 25.7. The number of allylic oxidation sites excluding steroid dienone is 4. The monoisotopic (exact) mass is 551 g/mol. The molecule has 3 aromatic heterocycles. The van der Waals surface area contributed by atoms with Crippen LogP contribution in [0.25, 0.3) is 77.0 Å². The van der Waals surface area contributed by atoms with Gasteiger partial charge in [0.05, 0.1) is 40.4 Å². The van der Waals surface area contributed by atoms with E-state index in [1.165, 1.54) is 10.8 Å². The molecule has 43 heavy (non-hydrogen) atoms. The Labute approximate surface area is 245 Å². The zero-order valence-electron chi connectivity index (χ0n) is 22.8. The van der Waals surface area contributed by atoms with Gasteiger partial charge in [0.1, 0.15) is 22.3 Å². The summed E-state index contributed by atoms with van der Waals surface area (Å²) < 4.78 is 14.8. The normalized spacial score (nSPS) is 15.3. The van der Waals surface area contributed by atoms with E-state index in [-0.39, 0.29) is 5.92 Å². The van der Waals surface area contributed by atoms with Crippen molar-refractivity contribution in [1.82, 2.24) is 4.57 Å². The molecule has 5 aromatic carbocycles. The van der Waals surface area contributed by atoms with Crippen LogP contribution in [0.1, 0.15) is 17.5 Å². The van der Waals surface area contributed by atoms with Gasteiger partial charge in [-0.05, 0) is 72.7 Å². The molecule has 1 unspecified atom stereocenters. The first kappa shape index (κ1) is 23.6. The fourth-order valence-corrected chi connectivity index (χ4v) is 6.80. The van der Waals surface area contributed by atoms with E-state index in [9.17, 15) is 10.5 Å². The highest BCUT2D eigenvalue weighted by Gasteiger charge is 2.24. The Morgan fingerprint density at radius 3 is 1.91 bits per heavy atom. The van der Waals surface area contributed by atoms with E-state index in [2.05, 4.69) is 89.5 Å². The fourth-order valence-electron chi connectivity index (χ4n) is 6.80. The molecule has 0 amide bonds. The highest BCUT2D eigenvalue weighted by molar-refractivity contribution is 6.26. The van der Waals surface area contributed by atoms with Crippen molar-refractivity contribution in [2.75, 3.05) is 0 Å². The molecule has 8 aromatic rings. The standard InChI is InChI=1S/C38H21N3O2/c39-20-22-10-13-33-28(17-22)37-35(42-33)15-16-36-38(37)29-19-24(11-14-34(29)43-36)25-12-9-23(21-40)18-32(25)41-30-7-3-1-5-26(30)27-6-2-4-8-31(27)41/h1-8,10-19,23H,9H2. The zero-order chi connectivity index (χ0) is 28.7. The van der Waals surface area contributed by atoms with E-state index in [4.69, 9.17) is 8.83 Å². The average molecular weight is 552 g/mol. The van der Waals surface area contributed by atoms with Gasteiger partial charge in [0, 0.05) is 37.9 Å². The van der Waals surface area contributed by atoms with Crippen molar-refractivity contribution in [3.63, 3.8) is 0 Å². The van der Waals surface area contributed by atoms with Crippen LogP contribution in [-0.4, -0.2) is 4.57 Å². The summed E-state index contributed by atoms with van der Waals surface area (Å²) in [5.74, 6) is -0.219. The van der Waals surface area contributed by atoms with Gasteiger partial charge in [0.2, 0.25) is 0 Å². The average Bonchev–Trinajstić information content (AvgIpc) is 3.72. The third-order valence-electron chi connectivity index (χ3n) is 8.70. The van der Waals surface area contributed by atoms with E-state index in [0.717, 1.165) is 71.7 Å². The Morgan fingerprint density at radius 2 is 1.26 bits per heavy atom. The topological polar surface area (TPSA) is 78.8 Å². The molecule has 5 nitrogen and oxygen atoms in total. The third kappa shape index (κ3) is 3.31. The van der Waals surface area contributed by atoms with Crippen molar-refractivity contribution in [2.24, 2.45) is 5.92 Å². The lowest BCUT2D eigenvalue weighted by molar-refractivity contribution is 0.663. The number of nitriles is 2. The van der Waals surface area contributed by atoms with E-state index in [1.807, 2.05) is 30.3 Å². The summed E-state index contributed by atoms with van der Waals surface area (Å²) in [6.07, 6.45) is 4.94. The van der Waals surface area contributed by atoms with Gasteiger partial charge in [0.25, 0.3) is 0 Å². The van der Waals surface area contributed by atoms with Crippen LogP contribution in [-0.2, 0) is 0 Å². The van der Waals surface area contributed by atoms with Gasteiger partial charge in [-0.1, -0.05) is 48.5 Å². The third-order valence-corrected chi connectivity index (χ3v) is 8.70. The molecule has 3 heterocycles. The van der Waals surface area contributed by atoms with Gasteiger partial charge < -0.3 is 13.4 Å². The molecule has 9 rings (SSSR count). The van der Waals surface area contributed by atoms with Crippen LogP contribution >= 0.6 is 0 Å². The molecule has 0 aliphatic heterocycles. The summed E-state index contributed by atoms with van der Waals surface area (Å²) in [7, 11) is 0. The number of rotatable bonds is 2. The summed E-state index contributed by atoms with van der Waals surface area (Å²) in [4.78, 5) is 0. The summed E-state index contributed by atoms with van der Waals surface area (Å²) in [5.41, 5.74) is 8.96. The molecule has 0 radical (unpaired) electrons. The molecule has 1 aliphatic rings. The van der Waals surface area contributed by atoms with Crippen molar-refractivity contribution in [3.8, 4) is 12.1 Å². The Bertz CT molecular complexity index is 2570. The molecular weight excluding hydrogens is 530 g/mol. The lowest BCUT2D eigenvalue weighted by atomic mass is 9.90. The minimum absolute atomic E-state index is 0.219. The van der Waals surface area contributed by atoms with Crippen LogP contribution in [0, 0.1) is 28.6 Å². The van der Waals surface area contributed by atoms with Crippen LogP contribution in [0.4, 0.5) is 0 Å². The number of hydrogen-bond donors (Lipinski definition) is 0. The summed E-state index contributed by atoms with van der Waals surface area (Å²) in [6.45, 7) is 0. The Kier molecular flexibility index (Phi) is 4.80. The Balaban J connectivity index is 1.32. The SMILES string of the molecule is N#Cc1ccc2oc3ccc4oc5ccc(C6=CCC(C#N)C=C6n6c7ccccc7c7ccccc76)cc5c4c3c2c1. The molecule has 0 saturated carbocycles. The molecule has 0 bridgehead atoms. The second kappa shape index (κ2) is 8.73. The maximum absolute atomic E-state index is 9.95. The van der Waals surface area contributed by atoms with Crippen molar-refractivity contribution in [1.29, 1.82) is 10.5 Å². The first-order valence-electron chi connectivity index (χ1n) is 14.2. The van der Waals surface area contributed by atoms with Gasteiger partial charge >= 0.3 is 0 Å². The van der Waals surface area contributed by atoms with Gasteiger partial charge in [-0.15, -0.1) is 0 Å². The molecule has 0 saturated heterocycles. The Morgan fingerprint density at radius 1 is 0.651 bits per heavy atom. The van der Waals surface area contributed by atoms with Crippen LogP contribution in [0.5, 0.6) is 0 Å². The van der Waals surface area contributed by atoms with E-state index < -0.39 is 0 Å². The predicted octanol–water partition coefficient (Wildman–Crippen LogP) is 9.93. The van der Waals surface area contributed by atoms with Gasteiger partial charge in [-0.2, -0.15) is 10.5 Å². The maximum Gasteiger partial charge on any atom is 0.136 e. The minimum atomic E-state index is -0.219. The second-order valence-electron chi connectivity index (χ2n) is 11.1. The molecule has 0 N–H and O–H groups in total. The molecule has 5 heteroatoms. The van der Waals surface area contributed by atoms with Crippen molar-refractivity contribution in [2.45, 2.75) is 6.42 Å². The number of para-hydroxylation sites is 2. The van der Waals surface area contributed by atoms with Gasteiger partial charge in [0.15, 0.2) is 0 Å². The minimum Gasteiger partial charge on any atom is -0.456 e. The fraction of sp³-hybridized carbons (Fsp3) is 0.0526. The molecule has 1 aliphatic carbocycles. The highest BCUT2D eigenvalue weighted by atomic mass is 16.3. The Hall–Kier alpha value is -6.04. The lowest BCUT2D eigenvalue weighted by Gasteiger charge is -2.22. The number of fused-ring (bicyclic) bond motifs is 10. The number of nitrogens with zero attached hydrogens (tertiary/aromatic N) is 3. The van der Waals surface area contributed by atoms with E-state index >= 15 is 0 Å². The largest absolute Gasteiger partial charge is 0.456 e. The number of aromatic nitrogens is 1. The predicted molar refractivity (Wildman–Crippen MR) is 171 cm³/mol. The van der Waals surface area contributed by atoms with Gasteiger partial charge in [-0.25, -0.2) is 0 Å². The number of benzene rings is 5. The van der Waals surface area contributed by atoms with Crippen LogP contribution in [0.15, 0.2) is 118 Å². The van der Waals surface area contributed by atoms with Crippen molar-refractivity contribution in [3.05, 3.63) is 120 Å². The maximum atomic E-state index is 9.95. The molecule has 200 valence electrons. The molecule has 0 spiro atoms.